The Labute approximate surface area is 186 Å². The minimum atomic E-state index is -2.65. The maximum absolute atomic E-state index is 2.66. The Morgan fingerprint density at radius 2 is 0.567 bits per heavy atom. The molecule has 0 nitrogen and oxygen atoms in total. The molecule has 0 bridgehead atoms. The monoisotopic (exact) mass is 516 g/mol. The molecule has 4 aromatic rings. The maximum atomic E-state index is 2.66. The van der Waals surface area contributed by atoms with Crippen LogP contribution in [-0.2, 0) is 0 Å². The first-order valence-electron chi connectivity index (χ1n) is 10.6. The second kappa shape index (κ2) is 9.26. The Bertz CT molecular complexity index is 918. The normalized spacial score (nSPS) is 13.3. The predicted octanol–water partition coefficient (Wildman–Crippen LogP) is 3.87. The van der Waals surface area contributed by atoms with Crippen molar-refractivity contribution in [1.82, 2.24) is 0 Å². The van der Waals surface area contributed by atoms with E-state index in [1.54, 1.807) is 0 Å². The summed E-state index contributed by atoms with van der Waals surface area (Å²) >= 11 is -5.30. The molecular formula is C28H30As2. The first-order valence-corrected chi connectivity index (χ1v) is 21.4. The molecule has 0 saturated heterocycles. The Hall–Kier alpha value is -2.26. The number of benzene rings is 4. The summed E-state index contributed by atoms with van der Waals surface area (Å²) in [6, 6.07) is 44.6. The van der Waals surface area contributed by atoms with Crippen LogP contribution in [0.1, 0.15) is 0 Å². The third kappa shape index (κ3) is 4.27. The van der Waals surface area contributed by atoms with E-state index in [0.717, 1.165) is 0 Å². The van der Waals surface area contributed by atoms with E-state index in [-0.39, 0.29) is 0 Å². The average Bonchev–Trinajstić information content (AvgIpc) is 2.84. The summed E-state index contributed by atoms with van der Waals surface area (Å²) in [4.78, 5) is 5.31. The fraction of sp³-hybridized carbons (Fsp3) is 0.0714. The zero-order chi connectivity index (χ0) is 20.9. The summed E-state index contributed by atoms with van der Waals surface area (Å²) in [6.07, 6.45) is 0. The molecule has 0 unspecified atom stereocenters. The van der Waals surface area contributed by atoms with E-state index in [1.165, 1.54) is 17.4 Å². The van der Waals surface area contributed by atoms with Gasteiger partial charge in [-0.05, 0) is 0 Å². The van der Waals surface area contributed by atoms with E-state index in [0.29, 0.717) is 0 Å². The van der Waals surface area contributed by atoms with Crippen LogP contribution in [-0.4, -0.2) is 27.1 Å². The topological polar surface area (TPSA) is 0 Å². The van der Waals surface area contributed by atoms with Crippen LogP contribution in [0.25, 0.3) is 0 Å². The molecule has 2 heteroatoms. The fourth-order valence-electron chi connectivity index (χ4n) is 4.19. The van der Waals surface area contributed by atoms with Crippen molar-refractivity contribution < 1.29 is 0 Å². The summed E-state index contributed by atoms with van der Waals surface area (Å²) in [7, 11) is 0. The van der Waals surface area contributed by atoms with Gasteiger partial charge in [0.1, 0.15) is 0 Å². The summed E-state index contributed by atoms with van der Waals surface area (Å²) in [5.74, 6) is 0. The van der Waals surface area contributed by atoms with Gasteiger partial charge in [0.15, 0.2) is 0 Å². The van der Waals surface area contributed by atoms with Crippen molar-refractivity contribution in [3.05, 3.63) is 131 Å². The van der Waals surface area contributed by atoms with E-state index in [2.05, 4.69) is 142 Å². The standard InChI is InChI=1S/C28H30As2/c1-29(25-15-7-3-8-16-25,26-17-9-4-10-18-26)23-24-30(2,27-19-11-5-12-20-27)28-21-13-6-14-22-28/h3-24,29-30H,1-2H3/b24-23-. The van der Waals surface area contributed by atoms with Gasteiger partial charge in [-0.2, -0.15) is 0 Å². The molecule has 0 aliphatic heterocycles. The van der Waals surface area contributed by atoms with Crippen molar-refractivity contribution in [2.45, 2.75) is 11.4 Å². The van der Waals surface area contributed by atoms with Gasteiger partial charge in [0, 0.05) is 0 Å². The molecule has 0 saturated carbocycles. The van der Waals surface area contributed by atoms with Crippen molar-refractivity contribution >= 4 is 44.5 Å². The van der Waals surface area contributed by atoms with E-state index >= 15 is 0 Å². The van der Waals surface area contributed by atoms with Crippen LogP contribution >= 0.6 is 0 Å². The number of hydrogen-bond donors (Lipinski definition) is 0. The predicted molar refractivity (Wildman–Crippen MR) is 139 cm³/mol. The van der Waals surface area contributed by atoms with Crippen LogP contribution in [0.15, 0.2) is 131 Å². The Balaban J connectivity index is 1.87. The van der Waals surface area contributed by atoms with Crippen LogP contribution in [0.2, 0.25) is 11.4 Å². The third-order valence-electron chi connectivity index (χ3n) is 6.24. The molecule has 0 spiro atoms. The first-order chi connectivity index (χ1) is 14.6. The van der Waals surface area contributed by atoms with Crippen molar-refractivity contribution in [2.24, 2.45) is 0 Å². The molecule has 0 N–H and O–H groups in total. The van der Waals surface area contributed by atoms with Gasteiger partial charge in [-0.3, -0.25) is 0 Å². The Kier molecular flexibility index (Phi) is 6.48. The zero-order valence-electron chi connectivity index (χ0n) is 17.7. The molecular weight excluding hydrogens is 486 g/mol. The van der Waals surface area contributed by atoms with Gasteiger partial charge in [0.25, 0.3) is 0 Å². The van der Waals surface area contributed by atoms with Crippen LogP contribution in [0, 0.1) is 0 Å². The molecule has 0 aliphatic rings. The molecule has 0 radical (unpaired) electrons. The molecule has 0 fully saturated rings. The van der Waals surface area contributed by atoms with Gasteiger partial charge in [-0.25, -0.2) is 0 Å². The third-order valence-corrected chi connectivity index (χ3v) is 24.1. The number of hydrogen-bond acceptors (Lipinski definition) is 0. The van der Waals surface area contributed by atoms with Gasteiger partial charge in [-0.15, -0.1) is 0 Å². The molecule has 152 valence electrons. The Morgan fingerprint density at radius 3 is 0.767 bits per heavy atom. The molecule has 0 heterocycles. The second-order valence-electron chi connectivity index (χ2n) is 8.20. The van der Waals surface area contributed by atoms with Crippen molar-refractivity contribution in [2.75, 3.05) is 0 Å². The van der Waals surface area contributed by atoms with Crippen molar-refractivity contribution in [1.29, 1.82) is 0 Å². The quantitative estimate of drug-likeness (QED) is 0.342. The summed E-state index contributed by atoms with van der Waals surface area (Å²) < 4.78 is 6.02. The van der Waals surface area contributed by atoms with E-state index in [4.69, 9.17) is 0 Å². The van der Waals surface area contributed by atoms with Crippen LogP contribution in [0.5, 0.6) is 0 Å². The van der Waals surface area contributed by atoms with Gasteiger partial charge < -0.3 is 0 Å². The molecule has 0 amide bonds. The SMILES string of the molecule is C[AsH](/C=C\[AsH](C)(c1ccccc1)c1ccccc1)(c1ccccc1)c1ccccc1. The van der Waals surface area contributed by atoms with E-state index in [1.807, 2.05) is 0 Å². The second-order valence-corrected chi connectivity index (χ2v) is 24.5. The molecule has 0 aromatic heterocycles. The summed E-state index contributed by atoms with van der Waals surface area (Å²) in [6.45, 7) is 0. The van der Waals surface area contributed by atoms with E-state index in [9.17, 15) is 0 Å². The van der Waals surface area contributed by atoms with Gasteiger partial charge in [-0.1, -0.05) is 0 Å². The van der Waals surface area contributed by atoms with Crippen molar-refractivity contribution in [3.63, 3.8) is 0 Å². The van der Waals surface area contributed by atoms with Gasteiger partial charge in [0.05, 0.1) is 0 Å². The molecule has 0 aliphatic carbocycles. The number of rotatable bonds is 6. The zero-order valence-corrected chi connectivity index (χ0v) is 21.9. The Morgan fingerprint density at radius 1 is 0.367 bits per heavy atom. The van der Waals surface area contributed by atoms with Crippen LogP contribution in [0.4, 0.5) is 0 Å². The molecule has 4 aromatic carbocycles. The minimum absolute atomic E-state index is 1.51. The molecule has 4 rings (SSSR count). The van der Waals surface area contributed by atoms with E-state index < -0.39 is 27.1 Å². The summed E-state index contributed by atoms with van der Waals surface area (Å²) in [5.41, 5.74) is 5.06. The molecule has 0 atom stereocenters. The van der Waals surface area contributed by atoms with Crippen LogP contribution < -0.4 is 17.4 Å². The van der Waals surface area contributed by atoms with Crippen molar-refractivity contribution in [3.8, 4) is 0 Å². The first kappa shape index (κ1) is 21.0. The summed E-state index contributed by atoms with van der Waals surface area (Å²) in [5, 5.41) is 0. The van der Waals surface area contributed by atoms with Gasteiger partial charge >= 0.3 is 187 Å². The van der Waals surface area contributed by atoms with Gasteiger partial charge in [0.2, 0.25) is 0 Å². The van der Waals surface area contributed by atoms with Crippen LogP contribution in [0.3, 0.4) is 0 Å². The molecule has 30 heavy (non-hydrogen) atoms. The average molecular weight is 516 g/mol. The fourth-order valence-corrected chi connectivity index (χ4v) is 23.3.